The number of alkyl halides is 3. The van der Waals surface area contributed by atoms with Crippen LogP contribution in [0.4, 0.5) is 17.6 Å². The standard InChI is InChI=1S/C21H20F4O/c22-17-10-9-14-5-2-4-8-20(26)18-7-3-1-6-15(18)11-16(19(14)12-17)13-21(23,24)25/h1,3,6-7,9-10,12,16H,2,4-5,8,11,13H2. The lowest BCUT2D eigenvalue weighted by Gasteiger charge is -2.23. The second-order valence-electron chi connectivity index (χ2n) is 6.85. The summed E-state index contributed by atoms with van der Waals surface area (Å²) < 4.78 is 53.5. The zero-order chi connectivity index (χ0) is 18.7. The normalized spacial score (nSPS) is 18.6. The van der Waals surface area contributed by atoms with Gasteiger partial charge in [-0.15, -0.1) is 0 Å². The van der Waals surface area contributed by atoms with E-state index < -0.39 is 24.3 Å². The summed E-state index contributed by atoms with van der Waals surface area (Å²) in [5.41, 5.74) is 2.24. The molecule has 0 aromatic heterocycles. The highest BCUT2D eigenvalue weighted by atomic mass is 19.4. The fourth-order valence-electron chi connectivity index (χ4n) is 3.72. The summed E-state index contributed by atoms with van der Waals surface area (Å²) in [6, 6.07) is 10.9. The van der Waals surface area contributed by atoms with Gasteiger partial charge in [0.05, 0.1) is 6.42 Å². The van der Waals surface area contributed by atoms with Crippen LogP contribution in [-0.2, 0) is 12.8 Å². The largest absolute Gasteiger partial charge is 0.389 e. The summed E-state index contributed by atoms with van der Waals surface area (Å²) in [6.07, 6.45) is -3.07. The average Bonchev–Trinajstić information content (AvgIpc) is 2.59. The number of Topliss-reactive ketones (excluding diaryl/α,β-unsaturated/α-hetero) is 1. The lowest BCUT2D eigenvalue weighted by atomic mass is 9.84. The number of ketones is 1. The lowest BCUT2D eigenvalue weighted by molar-refractivity contribution is -0.138. The van der Waals surface area contributed by atoms with Gasteiger partial charge in [-0.05, 0) is 60.4 Å². The summed E-state index contributed by atoms with van der Waals surface area (Å²) in [4.78, 5) is 12.5. The van der Waals surface area contributed by atoms with Gasteiger partial charge in [-0.25, -0.2) is 4.39 Å². The zero-order valence-corrected chi connectivity index (χ0v) is 14.3. The van der Waals surface area contributed by atoms with Crippen molar-refractivity contribution in [3.05, 3.63) is 70.5 Å². The zero-order valence-electron chi connectivity index (χ0n) is 14.3. The van der Waals surface area contributed by atoms with Crippen molar-refractivity contribution in [1.29, 1.82) is 0 Å². The summed E-state index contributed by atoms with van der Waals surface area (Å²) in [7, 11) is 0. The average molecular weight is 364 g/mol. The molecular weight excluding hydrogens is 344 g/mol. The van der Waals surface area contributed by atoms with Crippen molar-refractivity contribution < 1.29 is 22.4 Å². The third-order valence-corrected chi connectivity index (χ3v) is 4.91. The van der Waals surface area contributed by atoms with E-state index in [2.05, 4.69) is 0 Å². The van der Waals surface area contributed by atoms with Crippen LogP contribution in [0.2, 0.25) is 0 Å². The van der Waals surface area contributed by atoms with E-state index in [0.717, 1.165) is 5.56 Å². The van der Waals surface area contributed by atoms with Crippen molar-refractivity contribution >= 4 is 5.78 Å². The van der Waals surface area contributed by atoms with Crippen molar-refractivity contribution in [2.24, 2.45) is 0 Å². The molecule has 5 heteroatoms. The Labute approximate surface area is 150 Å². The first kappa shape index (κ1) is 18.6. The third-order valence-electron chi connectivity index (χ3n) is 4.91. The minimum atomic E-state index is -4.37. The highest BCUT2D eigenvalue weighted by Crippen LogP contribution is 2.37. The van der Waals surface area contributed by atoms with Crippen LogP contribution < -0.4 is 0 Å². The van der Waals surface area contributed by atoms with Gasteiger partial charge in [0.15, 0.2) is 5.78 Å². The number of aryl methyl sites for hydroxylation is 1. The Kier molecular flexibility index (Phi) is 5.44. The van der Waals surface area contributed by atoms with Gasteiger partial charge < -0.3 is 0 Å². The molecule has 0 saturated carbocycles. The summed E-state index contributed by atoms with van der Waals surface area (Å²) in [5.74, 6) is -1.48. The van der Waals surface area contributed by atoms with E-state index in [1.807, 2.05) is 0 Å². The third kappa shape index (κ3) is 4.51. The predicted octanol–water partition coefficient (Wildman–Crippen LogP) is 6.01. The molecular formula is C21H20F4O. The molecule has 1 aliphatic rings. The quantitative estimate of drug-likeness (QED) is 0.566. The summed E-state index contributed by atoms with van der Waals surface area (Å²) in [5, 5.41) is 0. The molecule has 1 aliphatic carbocycles. The maximum absolute atomic E-state index is 13.8. The summed E-state index contributed by atoms with van der Waals surface area (Å²) in [6.45, 7) is 0. The van der Waals surface area contributed by atoms with Gasteiger partial charge in [0, 0.05) is 12.0 Å². The predicted molar refractivity (Wildman–Crippen MR) is 91.8 cm³/mol. The Hall–Kier alpha value is -2.17. The monoisotopic (exact) mass is 364 g/mol. The molecule has 2 aromatic rings. The molecule has 0 heterocycles. The highest BCUT2D eigenvalue weighted by molar-refractivity contribution is 5.97. The van der Waals surface area contributed by atoms with Crippen molar-refractivity contribution in [2.45, 2.75) is 50.6 Å². The Bertz CT molecular complexity index is 795. The minimum Gasteiger partial charge on any atom is -0.294 e. The first-order valence-electron chi connectivity index (χ1n) is 8.79. The molecule has 138 valence electrons. The number of benzene rings is 2. The van der Waals surface area contributed by atoms with Crippen LogP contribution >= 0.6 is 0 Å². The van der Waals surface area contributed by atoms with Crippen molar-refractivity contribution in [3.8, 4) is 0 Å². The van der Waals surface area contributed by atoms with Crippen LogP contribution in [0.15, 0.2) is 42.5 Å². The Morgan fingerprint density at radius 2 is 1.69 bits per heavy atom. The number of halogens is 4. The van der Waals surface area contributed by atoms with Gasteiger partial charge in [-0.2, -0.15) is 13.2 Å². The maximum Gasteiger partial charge on any atom is 0.389 e. The van der Waals surface area contributed by atoms with Gasteiger partial charge in [-0.3, -0.25) is 4.79 Å². The van der Waals surface area contributed by atoms with E-state index in [0.29, 0.717) is 42.4 Å². The van der Waals surface area contributed by atoms with Gasteiger partial charge in [-0.1, -0.05) is 30.3 Å². The Balaban J connectivity index is 2.10. The van der Waals surface area contributed by atoms with E-state index in [1.54, 1.807) is 30.3 Å². The molecule has 3 rings (SSSR count). The van der Waals surface area contributed by atoms with E-state index in [4.69, 9.17) is 0 Å². The molecule has 0 fully saturated rings. The number of hydrogen-bond acceptors (Lipinski definition) is 1. The number of fused-ring (bicyclic) bond motifs is 2. The van der Waals surface area contributed by atoms with Crippen molar-refractivity contribution in [2.75, 3.05) is 0 Å². The molecule has 0 aliphatic heterocycles. The van der Waals surface area contributed by atoms with E-state index in [-0.39, 0.29) is 12.2 Å². The van der Waals surface area contributed by atoms with Crippen LogP contribution in [-0.4, -0.2) is 12.0 Å². The molecule has 0 N–H and O–H groups in total. The topological polar surface area (TPSA) is 17.1 Å². The molecule has 2 aromatic carbocycles. The van der Waals surface area contributed by atoms with E-state index in [1.165, 1.54) is 12.1 Å². The SMILES string of the molecule is O=C1CCCCc2ccc(F)cc2C(CC(F)(F)F)Cc2ccccc21. The fraction of sp³-hybridized carbons (Fsp3) is 0.381. The first-order chi connectivity index (χ1) is 12.3. The van der Waals surface area contributed by atoms with Crippen LogP contribution in [0, 0.1) is 5.82 Å². The van der Waals surface area contributed by atoms with Gasteiger partial charge in [0.25, 0.3) is 0 Å². The number of carbonyl (C=O) groups excluding carboxylic acids is 1. The smallest absolute Gasteiger partial charge is 0.294 e. The van der Waals surface area contributed by atoms with Crippen molar-refractivity contribution in [1.82, 2.24) is 0 Å². The fourth-order valence-corrected chi connectivity index (χ4v) is 3.72. The molecule has 0 saturated heterocycles. The van der Waals surface area contributed by atoms with Gasteiger partial charge in [0.1, 0.15) is 5.82 Å². The number of hydrogen-bond donors (Lipinski definition) is 0. The molecule has 1 nitrogen and oxygen atoms in total. The van der Waals surface area contributed by atoms with Gasteiger partial charge >= 0.3 is 6.18 Å². The second kappa shape index (κ2) is 7.60. The molecule has 1 unspecified atom stereocenters. The highest BCUT2D eigenvalue weighted by Gasteiger charge is 2.34. The molecule has 1 atom stereocenters. The maximum atomic E-state index is 13.8. The number of carbonyl (C=O) groups is 1. The second-order valence-corrected chi connectivity index (χ2v) is 6.85. The minimum absolute atomic E-state index is 0.0384. The lowest BCUT2D eigenvalue weighted by Crippen LogP contribution is -2.18. The molecule has 0 radical (unpaired) electrons. The van der Waals surface area contributed by atoms with Crippen LogP contribution in [0.5, 0.6) is 0 Å². The van der Waals surface area contributed by atoms with E-state index >= 15 is 0 Å². The molecule has 0 bridgehead atoms. The number of rotatable bonds is 1. The Morgan fingerprint density at radius 3 is 2.46 bits per heavy atom. The Morgan fingerprint density at radius 1 is 0.962 bits per heavy atom. The van der Waals surface area contributed by atoms with Crippen molar-refractivity contribution in [3.63, 3.8) is 0 Å². The van der Waals surface area contributed by atoms with E-state index in [9.17, 15) is 22.4 Å². The summed E-state index contributed by atoms with van der Waals surface area (Å²) >= 11 is 0. The van der Waals surface area contributed by atoms with Gasteiger partial charge in [0.2, 0.25) is 0 Å². The molecule has 0 spiro atoms. The van der Waals surface area contributed by atoms with Crippen LogP contribution in [0.1, 0.15) is 58.6 Å². The van der Waals surface area contributed by atoms with Crippen LogP contribution in [0.3, 0.4) is 0 Å². The van der Waals surface area contributed by atoms with Crippen LogP contribution in [0.25, 0.3) is 0 Å². The first-order valence-corrected chi connectivity index (χ1v) is 8.79. The molecule has 26 heavy (non-hydrogen) atoms. The molecule has 0 amide bonds.